The minimum atomic E-state index is -0.727. The van der Waals surface area contributed by atoms with Crippen LogP contribution in [-0.4, -0.2) is 56.0 Å². The third-order valence-electron chi connectivity index (χ3n) is 4.85. The lowest BCUT2D eigenvalue weighted by atomic mass is 10.1. The normalized spacial score (nSPS) is 20.0. The van der Waals surface area contributed by atoms with Crippen molar-refractivity contribution < 1.29 is 14.6 Å². The molecule has 7 heteroatoms. The van der Waals surface area contributed by atoms with Crippen molar-refractivity contribution in [1.29, 1.82) is 0 Å². The summed E-state index contributed by atoms with van der Waals surface area (Å²) in [6.07, 6.45) is 2.24. The van der Waals surface area contributed by atoms with Gasteiger partial charge in [0.25, 0.3) is 5.91 Å². The molecule has 1 aliphatic heterocycles. The number of nitrogens with one attached hydrogen (secondary N) is 1. The highest BCUT2D eigenvalue weighted by atomic mass is 16.5. The number of hydrogen-bond donors (Lipinski definition) is 2. The van der Waals surface area contributed by atoms with E-state index in [0.717, 1.165) is 23.1 Å². The molecule has 1 saturated heterocycles. The highest BCUT2D eigenvalue weighted by molar-refractivity contribution is 6.08. The Morgan fingerprint density at radius 1 is 1.38 bits per heavy atom. The fourth-order valence-electron chi connectivity index (χ4n) is 3.50. The molecule has 3 heterocycles. The second kappa shape index (κ2) is 6.49. The molecule has 0 aliphatic carbocycles. The number of carbonyl (C=O) groups excluding carboxylic acids is 1. The molecule has 1 fully saturated rings. The zero-order valence-electron chi connectivity index (χ0n) is 14.8. The van der Waals surface area contributed by atoms with Gasteiger partial charge in [-0.05, 0) is 19.9 Å². The van der Waals surface area contributed by atoms with Gasteiger partial charge >= 0.3 is 0 Å². The molecule has 1 amide bonds. The van der Waals surface area contributed by atoms with Gasteiger partial charge in [0.1, 0.15) is 12.2 Å². The molecule has 0 unspecified atom stereocenters. The van der Waals surface area contributed by atoms with Crippen LogP contribution in [-0.2, 0) is 6.54 Å². The molecule has 136 valence electrons. The molecule has 0 radical (unpaired) electrons. The predicted octanol–water partition coefficient (Wildman–Crippen LogP) is 1.96. The Bertz CT molecular complexity index is 945. The summed E-state index contributed by atoms with van der Waals surface area (Å²) in [7, 11) is 0. The number of aryl methyl sites for hydroxylation is 2. The molecule has 0 saturated carbocycles. The van der Waals surface area contributed by atoms with E-state index in [-0.39, 0.29) is 12.5 Å². The number of aromatic nitrogens is 3. The summed E-state index contributed by atoms with van der Waals surface area (Å²) >= 11 is 0. The number of H-pyrrole nitrogens is 1. The van der Waals surface area contributed by atoms with Gasteiger partial charge in [-0.3, -0.25) is 9.48 Å². The second-order valence-electron chi connectivity index (χ2n) is 6.64. The number of fused-ring (bicyclic) bond motifs is 1. The van der Waals surface area contributed by atoms with Gasteiger partial charge in [-0.2, -0.15) is 5.10 Å². The van der Waals surface area contributed by atoms with Crippen molar-refractivity contribution in [3.8, 4) is 5.75 Å². The van der Waals surface area contributed by atoms with Gasteiger partial charge in [0.2, 0.25) is 0 Å². The number of aromatic amines is 1. The average molecular weight is 354 g/mol. The number of benzene rings is 1. The molecule has 1 aromatic carbocycles. The molecule has 2 atom stereocenters. The van der Waals surface area contributed by atoms with Crippen LogP contribution in [0.25, 0.3) is 10.9 Å². The lowest BCUT2D eigenvalue weighted by molar-refractivity contribution is 0.0729. The van der Waals surface area contributed by atoms with Crippen LogP contribution in [0, 0.1) is 6.92 Å². The maximum absolute atomic E-state index is 13.1. The van der Waals surface area contributed by atoms with E-state index >= 15 is 0 Å². The van der Waals surface area contributed by atoms with Crippen molar-refractivity contribution in [2.75, 3.05) is 13.1 Å². The first-order valence-electron chi connectivity index (χ1n) is 8.80. The molecule has 1 aliphatic rings. The van der Waals surface area contributed by atoms with Crippen molar-refractivity contribution in [3.05, 3.63) is 47.9 Å². The topological polar surface area (TPSA) is 83.4 Å². The van der Waals surface area contributed by atoms with Crippen molar-refractivity contribution in [2.45, 2.75) is 32.6 Å². The number of aliphatic hydroxyl groups excluding tert-OH is 1. The van der Waals surface area contributed by atoms with E-state index in [2.05, 4.69) is 10.1 Å². The van der Waals surface area contributed by atoms with E-state index < -0.39 is 12.2 Å². The van der Waals surface area contributed by atoms with E-state index in [4.69, 9.17) is 4.74 Å². The fraction of sp³-hybridized carbons (Fsp3) is 0.368. The first kappa shape index (κ1) is 16.7. The van der Waals surface area contributed by atoms with Crippen LogP contribution in [0.5, 0.6) is 5.75 Å². The minimum Gasteiger partial charge on any atom is -0.482 e. The van der Waals surface area contributed by atoms with Gasteiger partial charge in [-0.1, -0.05) is 18.2 Å². The summed E-state index contributed by atoms with van der Waals surface area (Å²) < 4.78 is 7.61. The Morgan fingerprint density at radius 2 is 2.19 bits per heavy atom. The van der Waals surface area contributed by atoms with Crippen LogP contribution in [0.4, 0.5) is 0 Å². The first-order valence-corrected chi connectivity index (χ1v) is 8.80. The lowest BCUT2D eigenvalue weighted by Gasteiger charge is -2.16. The highest BCUT2D eigenvalue weighted by Crippen LogP contribution is 2.26. The summed E-state index contributed by atoms with van der Waals surface area (Å²) in [6, 6.07) is 7.75. The van der Waals surface area contributed by atoms with Crippen LogP contribution >= 0.6 is 0 Å². The van der Waals surface area contributed by atoms with Gasteiger partial charge in [-0.15, -0.1) is 0 Å². The number of ether oxygens (including phenoxy) is 1. The number of amides is 1. The van der Waals surface area contributed by atoms with Gasteiger partial charge in [0.05, 0.1) is 31.0 Å². The maximum Gasteiger partial charge on any atom is 0.256 e. The Hall–Kier alpha value is -2.80. The molecule has 3 aromatic rings. The molecule has 4 rings (SSSR count). The molecule has 26 heavy (non-hydrogen) atoms. The minimum absolute atomic E-state index is 0.0886. The van der Waals surface area contributed by atoms with E-state index in [1.807, 2.05) is 38.1 Å². The first-order chi connectivity index (χ1) is 12.6. The van der Waals surface area contributed by atoms with Crippen LogP contribution in [0.15, 0.2) is 36.7 Å². The van der Waals surface area contributed by atoms with E-state index in [1.165, 1.54) is 0 Å². The summed E-state index contributed by atoms with van der Waals surface area (Å²) in [6.45, 7) is 5.24. The molecule has 0 bridgehead atoms. The quantitative estimate of drug-likeness (QED) is 0.750. The standard InChI is InChI=1S/C19H22N4O3/c1-3-23-9-13(8-20-23)26-17-11-22(10-16(17)24)19(25)18-12(2)21-15-7-5-4-6-14(15)18/h4-9,16-17,21,24H,3,10-11H2,1-2H3/t16-,17-/m1/s1. The Morgan fingerprint density at radius 3 is 2.96 bits per heavy atom. The number of carbonyl (C=O) groups is 1. The number of aliphatic hydroxyl groups is 1. The Balaban J connectivity index is 1.53. The zero-order chi connectivity index (χ0) is 18.3. The average Bonchev–Trinajstić information content (AvgIpc) is 3.32. The molecular weight excluding hydrogens is 332 g/mol. The molecule has 7 nitrogen and oxygen atoms in total. The number of β-amino-alcohol motifs (C(OH)–C–C–N with tert-alkyl or cyclic N) is 1. The summed E-state index contributed by atoms with van der Waals surface area (Å²) in [5.74, 6) is 0.517. The van der Waals surface area contributed by atoms with Crippen molar-refractivity contribution in [2.24, 2.45) is 0 Å². The number of rotatable bonds is 4. The number of hydrogen-bond acceptors (Lipinski definition) is 4. The van der Waals surface area contributed by atoms with Crippen molar-refractivity contribution >= 4 is 16.8 Å². The predicted molar refractivity (Wildman–Crippen MR) is 97.3 cm³/mol. The molecule has 2 N–H and O–H groups in total. The third-order valence-corrected chi connectivity index (χ3v) is 4.85. The van der Waals surface area contributed by atoms with Crippen LogP contribution < -0.4 is 4.74 Å². The van der Waals surface area contributed by atoms with Crippen molar-refractivity contribution in [3.63, 3.8) is 0 Å². The molecular formula is C19H22N4O3. The fourth-order valence-corrected chi connectivity index (χ4v) is 3.50. The van der Waals surface area contributed by atoms with Crippen LogP contribution in [0.2, 0.25) is 0 Å². The van der Waals surface area contributed by atoms with E-state index in [9.17, 15) is 9.90 Å². The monoisotopic (exact) mass is 354 g/mol. The Labute approximate surface area is 151 Å². The maximum atomic E-state index is 13.1. The third kappa shape index (κ3) is 2.84. The largest absolute Gasteiger partial charge is 0.482 e. The van der Waals surface area contributed by atoms with Crippen molar-refractivity contribution in [1.82, 2.24) is 19.7 Å². The second-order valence-corrected chi connectivity index (χ2v) is 6.64. The van der Waals surface area contributed by atoms with Gasteiger partial charge in [0.15, 0.2) is 5.75 Å². The van der Waals surface area contributed by atoms with Crippen LogP contribution in [0.3, 0.4) is 0 Å². The van der Waals surface area contributed by atoms with Gasteiger partial charge < -0.3 is 19.7 Å². The van der Waals surface area contributed by atoms with E-state index in [1.54, 1.807) is 22.0 Å². The highest BCUT2D eigenvalue weighted by Gasteiger charge is 2.37. The summed E-state index contributed by atoms with van der Waals surface area (Å²) in [4.78, 5) is 18.0. The summed E-state index contributed by atoms with van der Waals surface area (Å²) in [5, 5.41) is 15.4. The SMILES string of the molecule is CCn1cc(O[C@@H]2CN(C(=O)c3c(C)[nH]c4ccccc34)C[C@H]2O)cn1. The van der Waals surface area contributed by atoms with Crippen LogP contribution in [0.1, 0.15) is 23.0 Å². The van der Waals surface area contributed by atoms with E-state index in [0.29, 0.717) is 17.9 Å². The number of nitrogens with zero attached hydrogens (tertiary/aromatic N) is 3. The zero-order valence-corrected chi connectivity index (χ0v) is 14.8. The smallest absolute Gasteiger partial charge is 0.256 e. The van der Waals surface area contributed by atoms with Gasteiger partial charge in [0, 0.05) is 23.1 Å². The number of para-hydroxylation sites is 1. The molecule has 2 aromatic heterocycles. The lowest BCUT2D eigenvalue weighted by Crippen LogP contribution is -2.31. The van der Waals surface area contributed by atoms with Gasteiger partial charge in [-0.25, -0.2) is 0 Å². The molecule has 0 spiro atoms. The summed E-state index contributed by atoms with van der Waals surface area (Å²) in [5.41, 5.74) is 2.43. The number of likely N-dealkylation sites (tertiary alicyclic amines) is 1. The Kier molecular flexibility index (Phi) is 4.16.